The summed E-state index contributed by atoms with van der Waals surface area (Å²) >= 11 is 0. The monoisotopic (exact) mass is 356 g/mol. The van der Waals surface area contributed by atoms with Crippen molar-refractivity contribution in [3.63, 3.8) is 0 Å². The Kier molecular flexibility index (Phi) is 5.97. The summed E-state index contributed by atoms with van der Waals surface area (Å²) in [4.78, 5) is 19.8. The summed E-state index contributed by atoms with van der Waals surface area (Å²) in [6.45, 7) is 16.6. The lowest BCUT2D eigenvalue weighted by Crippen LogP contribution is -2.36. The Morgan fingerprint density at radius 1 is 1.46 bits per heavy atom. The second-order valence-corrected chi connectivity index (χ2v) is 7.43. The van der Waals surface area contributed by atoms with Gasteiger partial charge < -0.3 is 5.73 Å². The van der Waals surface area contributed by atoms with Crippen molar-refractivity contribution in [2.75, 3.05) is 12.3 Å². The quantitative estimate of drug-likeness (QED) is 0.461. The molecular formula is C20H28N4O2. The molecule has 0 aromatic carbocycles. The lowest BCUT2D eigenvalue weighted by Gasteiger charge is -2.44. The van der Waals surface area contributed by atoms with Gasteiger partial charge in [0.25, 0.3) is 5.91 Å². The third-order valence-electron chi connectivity index (χ3n) is 5.49. The average molecular weight is 356 g/mol. The molecule has 1 fully saturated rings. The van der Waals surface area contributed by atoms with Gasteiger partial charge in [-0.25, -0.2) is 15.0 Å². The summed E-state index contributed by atoms with van der Waals surface area (Å²) in [7, 11) is 0. The predicted octanol–water partition coefficient (Wildman–Crippen LogP) is 3.63. The molecule has 1 aromatic rings. The van der Waals surface area contributed by atoms with Crippen molar-refractivity contribution in [2.24, 2.45) is 17.3 Å². The summed E-state index contributed by atoms with van der Waals surface area (Å²) < 4.78 is 0. The normalized spacial score (nSPS) is 25.3. The molecule has 3 N–H and O–H groups in total. The van der Waals surface area contributed by atoms with Crippen LogP contribution in [-0.2, 0) is 0 Å². The third kappa shape index (κ3) is 4.19. The number of carbonyl (C=O) groups excluding carboxylic acids is 1. The van der Waals surface area contributed by atoms with E-state index >= 15 is 0 Å². The van der Waals surface area contributed by atoms with E-state index in [1.54, 1.807) is 0 Å². The highest BCUT2D eigenvalue weighted by molar-refractivity contribution is 5.93. The van der Waals surface area contributed by atoms with Crippen LogP contribution in [0, 0.1) is 17.3 Å². The number of hydroxylamine groups is 2. The number of nitrogen functional groups attached to an aromatic ring is 1. The Labute approximate surface area is 155 Å². The number of anilines is 1. The van der Waals surface area contributed by atoms with Crippen molar-refractivity contribution in [1.29, 1.82) is 0 Å². The smallest absolute Gasteiger partial charge is 0.280 e. The molecule has 0 radical (unpaired) electrons. The predicted molar refractivity (Wildman–Crippen MR) is 102 cm³/mol. The maximum Gasteiger partial charge on any atom is 0.280 e. The van der Waals surface area contributed by atoms with Crippen LogP contribution in [0.15, 0.2) is 49.4 Å². The first-order valence-corrected chi connectivity index (χ1v) is 8.73. The maximum atomic E-state index is 12.3. The third-order valence-corrected chi connectivity index (χ3v) is 5.49. The molecule has 1 saturated carbocycles. The molecular weight excluding hydrogens is 328 g/mol. The highest BCUT2D eigenvalue weighted by Gasteiger charge is 2.39. The zero-order chi connectivity index (χ0) is 19.5. The Hall–Kier alpha value is -2.47. The number of aromatic nitrogens is 2. The van der Waals surface area contributed by atoms with Gasteiger partial charge in [-0.05, 0) is 43.4 Å². The molecule has 1 aliphatic rings. The molecule has 6 heteroatoms. The lowest BCUT2D eigenvalue weighted by atomic mass is 9.61. The van der Waals surface area contributed by atoms with E-state index in [1.165, 1.54) is 12.4 Å². The Morgan fingerprint density at radius 3 is 2.62 bits per heavy atom. The second-order valence-electron chi connectivity index (χ2n) is 7.43. The Balaban J connectivity index is 2.03. The fourth-order valence-electron chi connectivity index (χ4n) is 3.70. The lowest BCUT2D eigenvalue weighted by molar-refractivity contribution is -0.0533. The Morgan fingerprint density at radius 2 is 2.08 bits per heavy atom. The second kappa shape index (κ2) is 7.83. The molecule has 140 valence electrons. The summed E-state index contributed by atoms with van der Waals surface area (Å²) in [5.74, 6) is 0.0294. The van der Waals surface area contributed by atoms with Crippen LogP contribution in [0.1, 0.15) is 43.5 Å². The first kappa shape index (κ1) is 19.8. The van der Waals surface area contributed by atoms with Crippen LogP contribution >= 0.6 is 0 Å². The van der Waals surface area contributed by atoms with Crippen molar-refractivity contribution >= 4 is 11.9 Å². The van der Waals surface area contributed by atoms with E-state index < -0.39 is 5.91 Å². The maximum absolute atomic E-state index is 12.3. The molecule has 1 amide bonds. The molecule has 0 unspecified atom stereocenters. The molecule has 3 atom stereocenters. The number of nitrogens with zero attached hydrogens (tertiary/aromatic N) is 3. The van der Waals surface area contributed by atoms with Crippen molar-refractivity contribution in [3.05, 3.63) is 54.9 Å². The molecule has 1 aliphatic carbocycles. The van der Waals surface area contributed by atoms with Gasteiger partial charge in [-0.3, -0.25) is 10.0 Å². The van der Waals surface area contributed by atoms with E-state index in [4.69, 9.17) is 5.73 Å². The highest BCUT2D eigenvalue weighted by atomic mass is 16.5. The van der Waals surface area contributed by atoms with Gasteiger partial charge in [-0.2, -0.15) is 0 Å². The van der Waals surface area contributed by atoms with Crippen molar-refractivity contribution < 1.29 is 10.0 Å². The van der Waals surface area contributed by atoms with Crippen LogP contribution in [0.3, 0.4) is 0 Å². The van der Waals surface area contributed by atoms with Crippen LogP contribution in [0.2, 0.25) is 0 Å². The van der Waals surface area contributed by atoms with E-state index in [2.05, 4.69) is 36.6 Å². The molecule has 6 nitrogen and oxygen atoms in total. The van der Waals surface area contributed by atoms with Crippen molar-refractivity contribution in [2.45, 2.75) is 33.1 Å². The first-order valence-electron chi connectivity index (χ1n) is 8.73. The largest absolute Gasteiger partial charge is 0.368 e. The number of amides is 1. The molecule has 0 spiro atoms. The van der Waals surface area contributed by atoms with E-state index in [0.29, 0.717) is 11.0 Å². The summed E-state index contributed by atoms with van der Waals surface area (Å²) in [5, 5.41) is 10.8. The number of nitrogens with two attached hydrogens (primary N) is 1. The highest BCUT2D eigenvalue weighted by Crippen LogP contribution is 2.48. The standard InChI is InChI=1S/C20H28N4O2/c1-6-20(5)8-7-15(9-17(20)13(2)3)14(4)12-24(26)18(25)16-10-22-19(21)23-11-16/h6,10-11,15,17,26H,1-2,4,7-9,12H2,3,5H3,(H2,21,22,23)/t15-,17+,20-/m1/s1. The number of carbonyl (C=O) groups is 1. The number of rotatable bonds is 6. The van der Waals surface area contributed by atoms with Crippen molar-refractivity contribution in [1.82, 2.24) is 15.0 Å². The number of allylic oxidation sites excluding steroid dienone is 2. The molecule has 0 aliphatic heterocycles. The zero-order valence-corrected chi connectivity index (χ0v) is 15.6. The minimum Gasteiger partial charge on any atom is -0.368 e. The summed E-state index contributed by atoms with van der Waals surface area (Å²) in [6.07, 6.45) is 7.42. The van der Waals surface area contributed by atoms with Crippen LogP contribution in [0.25, 0.3) is 0 Å². The summed E-state index contributed by atoms with van der Waals surface area (Å²) in [6, 6.07) is 0. The average Bonchev–Trinajstić information content (AvgIpc) is 2.61. The van der Waals surface area contributed by atoms with Crippen LogP contribution < -0.4 is 5.73 Å². The SMILES string of the molecule is C=C[C@]1(C)CC[C@@H](C(=C)CN(O)C(=O)c2cnc(N)nc2)C[C@H]1C(=C)C. The van der Waals surface area contributed by atoms with Crippen molar-refractivity contribution in [3.8, 4) is 0 Å². The fourth-order valence-corrected chi connectivity index (χ4v) is 3.70. The molecule has 26 heavy (non-hydrogen) atoms. The van der Waals surface area contributed by atoms with E-state index in [-0.39, 0.29) is 29.4 Å². The number of hydrogen-bond acceptors (Lipinski definition) is 5. The van der Waals surface area contributed by atoms with Crippen LogP contribution in [-0.4, -0.2) is 32.7 Å². The van der Waals surface area contributed by atoms with E-state index in [1.807, 2.05) is 13.0 Å². The first-order chi connectivity index (χ1) is 12.2. The molecule has 1 aromatic heterocycles. The zero-order valence-electron chi connectivity index (χ0n) is 15.6. The van der Waals surface area contributed by atoms with E-state index in [9.17, 15) is 10.0 Å². The minimum absolute atomic E-state index is 0.0264. The molecule has 2 rings (SSSR count). The van der Waals surface area contributed by atoms with Gasteiger partial charge in [0.1, 0.15) is 0 Å². The van der Waals surface area contributed by atoms with Gasteiger partial charge in [0.15, 0.2) is 0 Å². The Bertz CT molecular complexity index is 713. The van der Waals surface area contributed by atoms with Crippen LogP contribution in [0.4, 0.5) is 5.95 Å². The minimum atomic E-state index is -0.575. The molecule has 1 heterocycles. The topological polar surface area (TPSA) is 92.3 Å². The summed E-state index contributed by atoms with van der Waals surface area (Å²) in [5.41, 5.74) is 7.57. The molecule has 0 saturated heterocycles. The fraction of sp³-hybridized carbons (Fsp3) is 0.450. The van der Waals surface area contributed by atoms with Crippen LogP contribution in [0.5, 0.6) is 0 Å². The van der Waals surface area contributed by atoms with Gasteiger partial charge in [-0.15, -0.1) is 6.58 Å². The van der Waals surface area contributed by atoms with E-state index in [0.717, 1.165) is 30.4 Å². The van der Waals surface area contributed by atoms with Gasteiger partial charge >= 0.3 is 0 Å². The van der Waals surface area contributed by atoms with Gasteiger partial charge in [0.05, 0.1) is 12.1 Å². The number of hydrogen-bond donors (Lipinski definition) is 2. The molecule has 0 bridgehead atoms. The van der Waals surface area contributed by atoms with Gasteiger partial charge in [0, 0.05) is 12.4 Å². The van der Waals surface area contributed by atoms with Gasteiger partial charge in [0.2, 0.25) is 5.95 Å². The van der Waals surface area contributed by atoms with Gasteiger partial charge in [-0.1, -0.05) is 37.3 Å².